The van der Waals surface area contributed by atoms with Gasteiger partial charge in [0, 0.05) is 38.8 Å². The van der Waals surface area contributed by atoms with Gasteiger partial charge >= 0.3 is 6.03 Å². The minimum absolute atomic E-state index is 0.0565. The summed E-state index contributed by atoms with van der Waals surface area (Å²) < 4.78 is 0. The Kier molecular flexibility index (Phi) is 6.94. The zero-order valence-corrected chi connectivity index (χ0v) is 14.4. The molecule has 0 aromatic rings. The van der Waals surface area contributed by atoms with E-state index >= 15 is 0 Å². The molecule has 21 heavy (non-hydrogen) atoms. The topological polar surface area (TPSA) is 55.8 Å². The molecule has 0 radical (unpaired) electrons. The second kappa shape index (κ2) is 7.99. The molecule has 5 nitrogen and oxygen atoms in total. The number of nitrogens with zero attached hydrogens (tertiary/aromatic N) is 2. The average Bonchev–Trinajstić information content (AvgIpc) is 2.43. The van der Waals surface area contributed by atoms with E-state index in [0.717, 1.165) is 32.5 Å². The molecule has 2 N–H and O–H groups in total. The molecule has 124 valence electrons. The van der Waals surface area contributed by atoms with Gasteiger partial charge in [0.05, 0.1) is 0 Å². The fraction of sp³-hybridized carbons (Fsp3) is 0.938. The molecule has 0 aromatic carbocycles. The Bertz CT molecular complexity index is 331. The third-order valence-electron chi connectivity index (χ3n) is 4.39. The van der Waals surface area contributed by atoms with Crippen LogP contribution in [0.5, 0.6) is 0 Å². The van der Waals surface area contributed by atoms with Gasteiger partial charge in [-0.1, -0.05) is 27.7 Å². The predicted molar refractivity (Wildman–Crippen MR) is 86.3 cm³/mol. The van der Waals surface area contributed by atoms with Gasteiger partial charge in [0.15, 0.2) is 0 Å². The molecule has 1 saturated heterocycles. The van der Waals surface area contributed by atoms with Crippen molar-refractivity contribution in [1.82, 2.24) is 15.1 Å². The number of amides is 2. The first kappa shape index (κ1) is 18.2. The van der Waals surface area contributed by atoms with Gasteiger partial charge in [-0.25, -0.2) is 4.79 Å². The number of piperazine rings is 1. The molecule has 0 spiro atoms. The van der Waals surface area contributed by atoms with E-state index in [1.165, 1.54) is 0 Å². The highest BCUT2D eigenvalue weighted by atomic mass is 16.3. The number of likely N-dealkylation sites (N-methyl/N-ethyl adjacent to an activating group) is 1. The molecule has 0 unspecified atom stereocenters. The maximum absolute atomic E-state index is 12.4. The van der Waals surface area contributed by atoms with Gasteiger partial charge in [-0.3, -0.25) is 0 Å². The van der Waals surface area contributed by atoms with Gasteiger partial charge < -0.3 is 20.2 Å². The molecule has 1 heterocycles. The molecular weight excluding hydrogens is 266 g/mol. The van der Waals surface area contributed by atoms with Crippen molar-refractivity contribution in [1.29, 1.82) is 0 Å². The molecule has 1 aliphatic heterocycles. The summed E-state index contributed by atoms with van der Waals surface area (Å²) in [5.41, 5.74) is -0.0565. The Balaban J connectivity index is 2.40. The Hall–Kier alpha value is -0.810. The van der Waals surface area contributed by atoms with Crippen molar-refractivity contribution >= 4 is 6.03 Å². The van der Waals surface area contributed by atoms with E-state index in [-0.39, 0.29) is 24.1 Å². The summed E-state index contributed by atoms with van der Waals surface area (Å²) in [6.07, 6.45) is 1.82. The third-order valence-corrected chi connectivity index (χ3v) is 4.39. The maximum atomic E-state index is 12.4. The van der Waals surface area contributed by atoms with Crippen molar-refractivity contribution in [3.8, 4) is 0 Å². The van der Waals surface area contributed by atoms with Crippen molar-refractivity contribution in [3.63, 3.8) is 0 Å². The smallest absolute Gasteiger partial charge is 0.317 e. The lowest BCUT2D eigenvalue weighted by Crippen LogP contribution is -2.58. The molecule has 1 aliphatic rings. The molecule has 1 rings (SSSR count). The number of rotatable bonds is 6. The van der Waals surface area contributed by atoms with Crippen LogP contribution in [-0.4, -0.2) is 66.8 Å². The summed E-state index contributed by atoms with van der Waals surface area (Å²) in [7, 11) is 2.11. The largest absolute Gasteiger partial charge is 0.396 e. The molecule has 1 atom stereocenters. The second-order valence-electron chi connectivity index (χ2n) is 7.42. The summed E-state index contributed by atoms with van der Waals surface area (Å²) in [5, 5.41) is 12.3. The van der Waals surface area contributed by atoms with Crippen molar-refractivity contribution in [2.75, 3.05) is 39.8 Å². The van der Waals surface area contributed by atoms with Gasteiger partial charge in [-0.05, 0) is 31.2 Å². The SMILES string of the molecule is CC(C)[C@@H]1CN(C)CCN1C(=O)NCCCC(C)(C)CO. The number of carbonyl (C=O) groups is 1. The zero-order chi connectivity index (χ0) is 16.0. The van der Waals surface area contributed by atoms with Gasteiger partial charge in [0.25, 0.3) is 0 Å². The van der Waals surface area contributed by atoms with Crippen molar-refractivity contribution in [2.45, 2.75) is 46.6 Å². The Morgan fingerprint density at radius 1 is 1.38 bits per heavy atom. The fourth-order valence-electron chi connectivity index (χ4n) is 2.72. The summed E-state index contributed by atoms with van der Waals surface area (Å²) in [4.78, 5) is 16.6. The number of nitrogens with one attached hydrogen (secondary N) is 1. The van der Waals surface area contributed by atoms with Crippen molar-refractivity contribution < 1.29 is 9.90 Å². The van der Waals surface area contributed by atoms with Gasteiger partial charge in [-0.15, -0.1) is 0 Å². The van der Waals surface area contributed by atoms with Crippen LogP contribution < -0.4 is 5.32 Å². The van der Waals surface area contributed by atoms with Crippen LogP contribution in [-0.2, 0) is 0 Å². The van der Waals surface area contributed by atoms with E-state index in [1.54, 1.807) is 0 Å². The molecule has 0 aromatic heterocycles. The highest BCUT2D eigenvalue weighted by Crippen LogP contribution is 2.20. The maximum Gasteiger partial charge on any atom is 0.317 e. The van der Waals surface area contributed by atoms with Crippen LogP contribution in [0.25, 0.3) is 0 Å². The van der Waals surface area contributed by atoms with Crippen molar-refractivity contribution in [2.24, 2.45) is 11.3 Å². The monoisotopic (exact) mass is 299 g/mol. The predicted octanol–water partition coefficient (Wildman–Crippen LogP) is 1.77. The van der Waals surface area contributed by atoms with Crippen molar-refractivity contribution in [3.05, 3.63) is 0 Å². The number of aliphatic hydroxyl groups excluding tert-OH is 1. The molecule has 0 saturated carbocycles. The van der Waals surface area contributed by atoms with E-state index in [0.29, 0.717) is 12.5 Å². The molecule has 0 bridgehead atoms. The van der Waals surface area contributed by atoms with Crippen LogP contribution >= 0.6 is 0 Å². The second-order valence-corrected chi connectivity index (χ2v) is 7.42. The molecule has 5 heteroatoms. The first-order valence-corrected chi connectivity index (χ1v) is 8.10. The molecule has 1 fully saturated rings. The number of hydrogen-bond acceptors (Lipinski definition) is 3. The highest BCUT2D eigenvalue weighted by Gasteiger charge is 2.30. The van der Waals surface area contributed by atoms with E-state index in [1.807, 2.05) is 18.7 Å². The highest BCUT2D eigenvalue weighted by molar-refractivity contribution is 5.74. The fourth-order valence-corrected chi connectivity index (χ4v) is 2.72. The lowest BCUT2D eigenvalue weighted by Gasteiger charge is -2.42. The summed E-state index contributed by atoms with van der Waals surface area (Å²) in [6, 6.07) is 0.348. The molecule has 0 aliphatic carbocycles. The van der Waals surface area contributed by atoms with E-state index in [9.17, 15) is 9.90 Å². The lowest BCUT2D eigenvalue weighted by atomic mass is 9.89. The molecular formula is C16H33N3O2. The van der Waals surface area contributed by atoms with Crippen LogP contribution in [0.3, 0.4) is 0 Å². The van der Waals surface area contributed by atoms with Crippen LogP contribution in [0.15, 0.2) is 0 Å². The summed E-state index contributed by atoms with van der Waals surface area (Å²) in [5.74, 6) is 0.465. The van der Waals surface area contributed by atoms with E-state index < -0.39 is 0 Å². The normalized spacial score (nSPS) is 20.9. The van der Waals surface area contributed by atoms with Gasteiger partial charge in [-0.2, -0.15) is 0 Å². The Morgan fingerprint density at radius 3 is 2.62 bits per heavy atom. The average molecular weight is 299 g/mol. The first-order chi connectivity index (χ1) is 9.76. The minimum Gasteiger partial charge on any atom is -0.396 e. The molecule has 2 amide bonds. The van der Waals surface area contributed by atoms with E-state index in [4.69, 9.17) is 0 Å². The minimum atomic E-state index is -0.0565. The standard InChI is InChI=1S/C16H33N3O2/c1-13(2)14-11-18(5)9-10-19(14)15(21)17-8-6-7-16(3,4)12-20/h13-14,20H,6-12H2,1-5H3,(H,17,21)/t14-/m0/s1. The van der Waals surface area contributed by atoms with Crippen LogP contribution in [0.2, 0.25) is 0 Å². The van der Waals surface area contributed by atoms with Gasteiger partial charge in [0.1, 0.15) is 0 Å². The quantitative estimate of drug-likeness (QED) is 0.735. The summed E-state index contributed by atoms with van der Waals surface area (Å²) >= 11 is 0. The Labute approximate surface area is 129 Å². The van der Waals surface area contributed by atoms with Crippen LogP contribution in [0.4, 0.5) is 4.79 Å². The lowest BCUT2D eigenvalue weighted by molar-refractivity contribution is 0.0852. The third kappa shape index (κ3) is 5.83. The van der Waals surface area contributed by atoms with Crippen LogP contribution in [0, 0.1) is 11.3 Å². The first-order valence-electron chi connectivity index (χ1n) is 8.10. The van der Waals surface area contributed by atoms with Crippen LogP contribution in [0.1, 0.15) is 40.5 Å². The number of hydrogen-bond donors (Lipinski definition) is 2. The number of urea groups is 1. The number of aliphatic hydroxyl groups is 1. The number of carbonyl (C=O) groups excluding carboxylic acids is 1. The summed E-state index contributed by atoms with van der Waals surface area (Å²) in [6.45, 7) is 12.0. The zero-order valence-electron chi connectivity index (χ0n) is 14.4. The Morgan fingerprint density at radius 2 is 2.05 bits per heavy atom. The van der Waals surface area contributed by atoms with Gasteiger partial charge in [0.2, 0.25) is 0 Å². The van der Waals surface area contributed by atoms with E-state index in [2.05, 4.69) is 31.1 Å².